The van der Waals surface area contributed by atoms with E-state index in [0.29, 0.717) is 11.5 Å². The maximum atomic E-state index is 11.1. The SMILES string of the molecule is Cc1nc(CCl)ncc1S(C)(=O)=O. The number of sulfone groups is 1. The van der Waals surface area contributed by atoms with Crippen LogP contribution in [-0.2, 0) is 15.7 Å². The molecule has 0 spiro atoms. The highest BCUT2D eigenvalue weighted by Gasteiger charge is 2.12. The van der Waals surface area contributed by atoms with E-state index >= 15 is 0 Å². The minimum absolute atomic E-state index is 0.154. The van der Waals surface area contributed by atoms with Crippen molar-refractivity contribution in [2.24, 2.45) is 0 Å². The zero-order chi connectivity index (χ0) is 10.1. The van der Waals surface area contributed by atoms with E-state index in [2.05, 4.69) is 9.97 Å². The van der Waals surface area contributed by atoms with Crippen LogP contribution in [0, 0.1) is 6.92 Å². The van der Waals surface area contributed by atoms with E-state index in [9.17, 15) is 8.42 Å². The van der Waals surface area contributed by atoms with Crippen molar-refractivity contribution < 1.29 is 8.42 Å². The normalized spacial score (nSPS) is 11.6. The summed E-state index contributed by atoms with van der Waals surface area (Å²) in [6.45, 7) is 1.62. The van der Waals surface area contributed by atoms with E-state index in [-0.39, 0.29) is 10.8 Å². The maximum absolute atomic E-state index is 11.1. The smallest absolute Gasteiger partial charge is 0.178 e. The molecule has 0 radical (unpaired) electrons. The predicted octanol–water partition coefficient (Wildman–Crippen LogP) is 0.927. The van der Waals surface area contributed by atoms with Gasteiger partial charge in [0, 0.05) is 12.5 Å². The largest absolute Gasteiger partial charge is 0.239 e. The Bertz CT molecular complexity index is 417. The van der Waals surface area contributed by atoms with Gasteiger partial charge in [-0.05, 0) is 6.92 Å². The fourth-order valence-corrected chi connectivity index (χ4v) is 1.89. The molecule has 0 aliphatic rings. The molecule has 0 amide bonds. The van der Waals surface area contributed by atoms with Gasteiger partial charge in [-0.1, -0.05) is 0 Å². The monoisotopic (exact) mass is 220 g/mol. The van der Waals surface area contributed by atoms with Crippen molar-refractivity contribution in [3.8, 4) is 0 Å². The van der Waals surface area contributed by atoms with Gasteiger partial charge in [-0.3, -0.25) is 0 Å². The molecule has 1 aromatic rings. The Morgan fingerprint density at radius 1 is 1.54 bits per heavy atom. The van der Waals surface area contributed by atoms with Crippen LogP contribution in [0.2, 0.25) is 0 Å². The molecule has 0 bridgehead atoms. The number of rotatable bonds is 2. The van der Waals surface area contributed by atoms with Gasteiger partial charge in [0.15, 0.2) is 9.84 Å². The Balaban J connectivity index is 3.29. The molecule has 13 heavy (non-hydrogen) atoms. The molecule has 1 aromatic heterocycles. The average Bonchev–Trinajstić information content (AvgIpc) is 2.01. The summed E-state index contributed by atoms with van der Waals surface area (Å²) < 4.78 is 22.3. The average molecular weight is 221 g/mol. The van der Waals surface area contributed by atoms with Crippen LogP contribution in [0.3, 0.4) is 0 Å². The minimum atomic E-state index is -3.23. The zero-order valence-corrected chi connectivity index (χ0v) is 8.85. The Kier molecular flexibility index (Phi) is 2.87. The Morgan fingerprint density at radius 3 is 2.54 bits per heavy atom. The van der Waals surface area contributed by atoms with Gasteiger partial charge in [-0.25, -0.2) is 18.4 Å². The van der Waals surface area contributed by atoms with Gasteiger partial charge >= 0.3 is 0 Å². The molecule has 0 aromatic carbocycles. The van der Waals surface area contributed by atoms with Gasteiger partial charge in [-0.15, -0.1) is 11.6 Å². The number of halogens is 1. The third-order valence-corrected chi connectivity index (χ3v) is 2.94. The van der Waals surface area contributed by atoms with Crippen molar-refractivity contribution >= 4 is 21.4 Å². The lowest BCUT2D eigenvalue weighted by molar-refractivity contribution is 0.600. The number of alkyl halides is 1. The summed E-state index contributed by atoms with van der Waals surface area (Å²) >= 11 is 5.49. The van der Waals surface area contributed by atoms with Crippen molar-refractivity contribution in [1.29, 1.82) is 0 Å². The number of nitrogens with zero attached hydrogens (tertiary/aromatic N) is 2. The van der Waals surface area contributed by atoms with Crippen molar-refractivity contribution in [2.75, 3.05) is 6.26 Å². The molecular weight excluding hydrogens is 212 g/mol. The lowest BCUT2D eigenvalue weighted by Gasteiger charge is -2.02. The molecular formula is C7H9ClN2O2S. The zero-order valence-electron chi connectivity index (χ0n) is 7.28. The first-order valence-corrected chi connectivity index (χ1v) is 5.96. The van der Waals surface area contributed by atoms with Crippen LogP contribution < -0.4 is 0 Å². The lowest BCUT2D eigenvalue weighted by Crippen LogP contribution is -2.05. The number of hydrogen-bond donors (Lipinski definition) is 0. The van der Waals surface area contributed by atoms with Crippen LogP contribution in [0.15, 0.2) is 11.1 Å². The first-order valence-electron chi connectivity index (χ1n) is 3.53. The molecule has 0 saturated heterocycles. The molecule has 0 aliphatic heterocycles. The van der Waals surface area contributed by atoms with Gasteiger partial charge in [0.2, 0.25) is 0 Å². The predicted molar refractivity (Wildman–Crippen MR) is 49.4 cm³/mol. The van der Waals surface area contributed by atoms with Crippen molar-refractivity contribution in [1.82, 2.24) is 9.97 Å². The molecule has 0 unspecified atom stereocenters. The summed E-state index contributed by atoms with van der Waals surface area (Å²) in [4.78, 5) is 7.89. The third kappa shape index (κ3) is 2.38. The van der Waals surface area contributed by atoms with E-state index in [4.69, 9.17) is 11.6 Å². The molecule has 0 N–H and O–H groups in total. The quantitative estimate of drug-likeness (QED) is 0.696. The molecule has 1 rings (SSSR count). The summed E-state index contributed by atoms with van der Waals surface area (Å²) in [6.07, 6.45) is 2.41. The summed E-state index contributed by atoms with van der Waals surface area (Å²) in [5, 5.41) is 0. The summed E-state index contributed by atoms with van der Waals surface area (Å²) in [5.74, 6) is 0.622. The third-order valence-electron chi connectivity index (χ3n) is 1.50. The molecule has 4 nitrogen and oxygen atoms in total. The second-order valence-corrected chi connectivity index (χ2v) is 4.89. The lowest BCUT2D eigenvalue weighted by atomic mass is 10.4. The van der Waals surface area contributed by atoms with Crippen LogP contribution in [0.4, 0.5) is 0 Å². The van der Waals surface area contributed by atoms with Gasteiger partial charge in [0.05, 0.1) is 11.6 Å². The van der Waals surface area contributed by atoms with Crippen LogP contribution in [0.5, 0.6) is 0 Å². The fourth-order valence-electron chi connectivity index (χ4n) is 0.933. The van der Waals surface area contributed by atoms with Crippen molar-refractivity contribution in [3.05, 3.63) is 17.7 Å². The molecule has 0 fully saturated rings. The van der Waals surface area contributed by atoms with E-state index < -0.39 is 9.84 Å². The van der Waals surface area contributed by atoms with Crippen molar-refractivity contribution in [3.63, 3.8) is 0 Å². The second kappa shape index (κ2) is 3.59. The van der Waals surface area contributed by atoms with Gasteiger partial charge in [-0.2, -0.15) is 0 Å². The van der Waals surface area contributed by atoms with Crippen LogP contribution in [0.1, 0.15) is 11.5 Å². The second-order valence-electron chi connectivity index (χ2n) is 2.64. The number of hydrogen-bond acceptors (Lipinski definition) is 4. The standard InChI is InChI=1S/C7H9ClN2O2S/c1-5-6(13(2,11)12)4-9-7(3-8)10-5/h4H,3H2,1-2H3. The molecule has 0 atom stereocenters. The Labute approximate surface area is 81.9 Å². The fraction of sp³-hybridized carbons (Fsp3) is 0.429. The number of aromatic nitrogens is 2. The minimum Gasteiger partial charge on any atom is -0.239 e. The summed E-state index contributed by atoms with van der Waals surface area (Å²) in [5.41, 5.74) is 0.438. The van der Waals surface area contributed by atoms with Crippen LogP contribution in [0.25, 0.3) is 0 Å². The molecule has 1 heterocycles. The van der Waals surface area contributed by atoms with Gasteiger partial charge in [0.1, 0.15) is 10.7 Å². The summed E-state index contributed by atoms with van der Waals surface area (Å²) in [6, 6.07) is 0. The summed E-state index contributed by atoms with van der Waals surface area (Å²) in [7, 11) is -3.23. The molecule has 72 valence electrons. The van der Waals surface area contributed by atoms with E-state index in [1.165, 1.54) is 6.20 Å². The highest BCUT2D eigenvalue weighted by atomic mass is 35.5. The highest BCUT2D eigenvalue weighted by molar-refractivity contribution is 7.90. The van der Waals surface area contributed by atoms with E-state index in [1.807, 2.05) is 0 Å². The van der Waals surface area contributed by atoms with Gasteiger partial charge < -0.3 is 0 Å². The Morgan fingerprint density at radius 2 is 2.15 bits per heavy atom. The molecule has 6 heteroatoms. The highest BCUT2D eigenvalue weighted by Crippen LogP contribution is 2.11. The first kappa shape index (κ1) is 10.4. The van der Waals surface area contributed by atoms with Crippen LogP contribution >= 0.6 is 11.6 Å². The van der Waals surface area contributed by atoms with Gasteiger partial charge in [0.25, 0.3) is 0 Å². The van der Waals surface area contributed by atoms with E-state index in [0.717, 1.165) is 6.26 Å². The Hall–Kier alpha value is -0.680. The number of aryl methyl sites for hydroxylation is 1. The van der Waals surface area contributed by atoms with E-state index in [1.54, 1.807) is 6.92 Å². The first-order chi connectivity index (χ1) is 5.95. The maximum Gasteiger partial charge on any atom is 0.178 e. The van der Waals surface area contributed by atoms with Crippen LogP contribution in [-0.4, -0.2) is 24.6 Å². The van der Waals surface area contributed by atoms with Crippen molar-refractivity contribution in [2.45, 2.75) is 17.7 Å². The molecule has 0 saturated carbocycles. The topological polar surface area (TPSA) is 59.9 Å². The molecule has 0 aliphatic carbocycles.